The molecule has 0 spiro atoms. The highest BCUT2D eigenvalue weighted by molar-refractivity contribution is 6.31. The van der Waals surface area contributed by atoms with Gasteiger partial charge in [0.2, 0.25) is 0 Å². The van der Waals surface area contributed by atoms with Crippen LogP contribution in [0.3, 0.4) is 0 Å². The minimum Gasteiger partial charge on any atom is -0.354 e. The zero-order valence-corrected chi connectivity index (χ0v) is 12.2. The lowest BCUT2D eigenvalue weighted by Gasteiger charge is -2.23. The molecule has 1 atom stereocenters. The Balaban J connectivity index is 2.15. The summed E-state index contributed by atoms with van der Waals surface area (Å²) >= 11 is 6.20. The molecule has 1 aromatic rings. The molecule has 0 aliphatic carbocycles. The van der Waals surface area contributed by atoms with Gasteiger partial charge in [-0.15, -0.1) is 0 Å². The summed E-state index contributed by atoms with van der Waals surface area (Å²) in [5.74, 6) is 1.06. The van der Waals surface area contributed by atoms with Crippen LogP contribution >= 0.6 is 11.6 Å². The van der Waals surface area contributed by atoms with E-state index in [1.165, 1.54) is 12.8 Å². The van der Waals surface area contributed by atoms with Crippen LogP contribution in [-0.2, 0) is 6.54 Å². The number of rotatable bonds is 4. The van der Waals surface area contributed by atoms with Crippen LogP contribution in [0.2, 0.25) is 5.02 Å². The van der Waals surface area contributed by atoms with Crippen molar-refractivity contribution in [3.8, 4) is 0 Å². The number of anilines is 1. The van der Waals surface area contributed by atoms with Crippen LogP contribution in [0, 0.1) is 0 Å². The summed E-state index contributed by atoms with van der Waals surface area (Å²) in [6, 6.07) is 5.02. The summed E-state index contributed by atoms with van der Waals surface area (Å²) in [7, 11) is 0. The van der Waals surface area contributed by atoms with Gasteiger partial charge >= 0.3 is 0 Å². The van der Waals surface area contributed by atoms with Crippen LogP contribution < -0.4 is 10.2 Å². The molecule has 0 saturated carbocycles. The first-order valence-electron chi connectivity index (χ1n) is 6.73. The smallest absolute Gasteiger partial charge is 0.129 e. The summed E-state index contributed by atoms with van der Waals surface area (Å²) in [6.07, 6.45) is 2.51. The van der Waals surface area contributed by atoms with Gasteiger partial charge in [0.05, 0.1) is 10.7 Å². The Bertz CT molecular complexity index is 406. The molecule has 1 unspecified atom stereocenters. The molecule has 3 nitrogen and oxygen atoms in total. The van der Waals surface area contributed by atoms with E-state index in [9.17, 15) is 0 Å². The molecule has 100 valence electrons. The maximum Gasteiger partial charge on any atom is 0.129 e. The van der Waals surface area contributed by atoms with Gasteiger partial charge in [-0.1, -0.05) is 25.4 Å². The molecule has 1 saturated heterocycles. The molecular formula is C14H22ClN3. The Morgan fingerprint density at radius 3 is 2.89 bits per heavy atom. The van der Waals surface area contributed by atoms with Crippen molar-refractivity contribution in [3.05, 3.63) is 22.8 Å². The minimum absolute atomic E-state index is 0.442. The fourth-order valence-electron chi connectivity index (χ4n) is 2.33. The van der Waals surface area contributed by atoms with Gasteiger partial charge in [0, 0.05) is 25.2 Å². The molecule has 1 aliphatic heterocycles. The molecule has 0 amide bonds. The molecule has 0 bridgehead atoms. The second-order valence-corrected chi connectivity index (χ2v) is 5.73. The van der Waals surface area contributed by atoms with E-state index >= 15 is 0 Å². The second-order valence-electron chi connectivity index (χ2n) is 5.32. The molecule has 4 heteroatoms. The van der Waals surface area contributed by atoms with Gasteiger partial charge in [0.15, 0.2) is 0 Å². The van der Waals surface area contributed by atoms with Crippen LogP contribution in [0.15, 0.2) is 12.1 Å². The van der Waals surface area contributed by atoms with Crippen molar-refractivity contribution in [2.45, 2.75) is 52.2 Å². The lowest BCUT2D eigenvalue weighted by Crippen LogP contribution is -2.28. The van der Waals surface area contributed by atoms with Crippen molar-refractivity contribution in [3.63, 3.8) is 0 Å². The highest BCUT2D eigenvalue weighted by atomic mass is 35.5. The lowest BCUT2D eigenvalue weighted by atomic mass is 10.2. The van der Waals surface area contributed by atoms with Crippen molar-refractivity contribution >= 4 is 17.4 Å². The number of nitrogens with one attached hydrogen (secondary N) is 1. The summed E-state index contributed by atoms with van der Waals surface area (Å²) in [5.41, 5.74) is 0.946. The Morgan fingerprint density at radius 2 is 2.28 bits per heavy atom. The van der Waals surface area contributed by atoms with Crippen molar-refractivity contribution in [1.29, 1.82) is 0 Å². The third-order valence-electron chi connectivity index (χ3n) is 3.43. The SMILES string of the molecule is CC(C)NCc1nc(N2CCCC2C)ccc1Cl. The van der Waals surface area contributed by atoms with Gasteiger partial charge in [-0.25, -0.2) is 4.98 Å². The van der Waals surface area contributed by atoms with E-state index in [2.05, 4.69) is 31.0 Å². The summed E-state index contributed by atoms with van der Waals surface area (Å²) in [4.78, 5) is 7.08. The first-order valence-corrected chi connectivity index (χ1v) is 7.11. The zero-order chi connectivity index (χ0) is 13.1. The molecule has 1 aliphatic rings. The van der Waals surface area contributed by atoms with Gasteiger partial charge < -0.3 is 10.2 Å². The molecular weight excluding hydrogens is 246 g/mol. The van der Waals surface area contributed by atoms with Crippen LogP contribution in [0.25, 0.3) is 0 Å². The van der Waals surface area contributed by atoms with Gasteiger partial charge in [-0.05, 0) is 31.9 Å². The standard InChI is InChI=1S/C14H22ClN3/c1-10(2)16-9-13-12(15)6-7-14(17-13)18-8-4-5-11(18)3/h6-7,10-11,16H,4-5,8-9H2,1-3H3. The molecule has 18 heavy (non-hydrogen) atoms. The van der Waals surface area contributed by atoms with Gasteiger partial charge in [0.1, 0.15) is 5.82 Å². The number of pyridine rings is 1. The Morgan fingerprint density at radius 1 is 1.50 bits per heavy atom. The summed E-state index contributed by atoms with van der Waals surface area (Å²) in [6.45, 7) is 8.34. The van der Waals surface area contributed by atoms with E-state index in [0.717, 1.165) is 29.6 Å². The highest BCUT2D eigenvalue weighted by Gasteiger charge is 2.22. The highest BCUT2D eigenvalue weighted by Crippen LogP contribution is 2.26. The predicted octanol–water partition coefficient (Wildman–Crippen LogP) is 3.22. The van der Waals surface area contributed by atoms with Crippen LogP contribution in [0.1, 0.15) is 39.3 Å². The Kier molecular flexibility index (Phi) is 4.46. The molecule has 1 fully saturated rings. The van der Waals surface area contributed by atoms with E-state index in [1.54, 1.807) is 0 Å². The number of halogens is 1. The van der Waals surface area contributed by atoms with E-state index in [-0.39, 0.29) is 0 Å². The topological polar surface area (TPSA) is 28.2 Å². The van der Waals surface area contributed by atoms with E-state index < -0.39 is 0 Å². The monoisotopic (exact) mass is 267 g/mol. The molecule has 0 radical (unpaired) electrons. The minimum atomic E-state index is 0.442. The normalized spacial score (nSPS) is 19.8. The summed E-state index contributed by atoms with van der Waals surface area (Å²) < 4.78 is 0. The third-order valence-corrected chi connectivity index (χ3v) is 3.77. The first kappa shape index (κ1) is 13.6. The van der Waals surface area contributed by atoms with E-state index in [1.807, 2.05) is 12.1 Å². The largest absolute Gasteiger partial charge is 0.354 e. The Hall–Kier alpha value is -0.800. The van der Waals surface area contributed by atoms with Crippen LogP contribution in [0.5, 0.6) is 0 Å². The van der Waals surface area contributed by atoms with E-state index in [0.29, 0.717) is 12.1 Å². The van der Waals surface area contributed by atoms with E-state index in [4.69, 9.17) is 16.6 Å². The fraction of sp³-hybridized carbons (Fsp3) is 0.643. The maximum absolute atomic E-state index is 6.20. The lowest BCUT2D eigenvalue weighted by molar-refractivity contribution is 0.581. The first-order chi connectivity index (χ1) is 8.58. The zero-order valence-electron chi connectivity index (χ0n) is 11.4. The molecule has 1 aromatic heterocycles. The fourth-order valence-corrected chi connectivity index (χ4v) is 2.50. The number of hydrogen-bond donors (Lipinski definition) is 1. The Labute approximate surface area is 115 Å². The number of nitrogens with zero attached hydrogens (tertiary/aromatic N) is 2. The molecule has 2 heterocycles. The molecule has 2 rings (SSSR count). The third kappa shape index (κ3) is 3.15. The van der Waals surface area contributed by atoms with Crippen LogP contribution in [0.4, 0.5) is 5.82 Å². The maximum atomic E-state index is 6.20. The number of aromatic nitrogens is 1. The van der Waals surface area contributed by atoms with Crippen molar-refractivity contribution in [2.75, 3.05) is 11.4 Å². The van der Waals surface area contributed by atoms with Crippen molar-refractivity contribution in [2.24, 2.45) is 0 Å². The van der Waals surface area contributed by atoms with Gasteiger partial charge in [-0.3, -0.25) is 0 Å². The predicted molar refractivity (Wildman–Crippen MR) is 77.3 cm³/mol. The summed E-state index contributed by atoms with van der Waals surface area (Å²) in [5, 5.41) is 4.11. The quantitative estimate of drug-likeness (QED) is 0.908. The second kappa shape index (κ2) is 5.89. The molecule has 0 aromatic carbocycles. The van der Waals surface area contributed by atoms with Crippen molar-refractivity contribution in [1.82, 2.24) is 10.3 Å². The van der Waals surface area contributed by atoms with Gasteiger partial charge in [0.25, 0.3) is 0 Å². The van der Waals surface area contributed by atoms with Crippen molar-refractivity contribution < 1.29 is 0 Å². The molecule has 1 N–H and O–H groups in total. The average Bonchev–Trinajstić information content (AvgIpc) is 2.74. The van der Waals surface area contributed by atoms with Gasteiger partial charge in [-0.2, -0.15) is 0 Å². The number of hydrogen-bond acceptors (Lipinski definition) is 3. The van der Waals surface area contributed by atoms with Crippen LogP contribution in [-0.4, -0.2) is 23.6 Å². The average molecular weight is 268 g/mol.